The lowest BCUT2D eigenvalue weighted by molar-refractivity contribution is 0.0963. The predicted molar refractivity (Wildman–Crippen MR) is 72.2 cm³/mol. The minimum Gasteiger partial charge on any atom is -0.382 e. The topological polar surface area (TPSA) is 80.5 Å². The molecular formula is C11H18N4O2S. The van der Waals surface area contributed by atoms with E-state index in [4.69, 9.17) is 10.5 Å². The second-order valence-corrected chi connectivity index (χ2v) is 5.09. The van der Waals surface area contributed by atoms with Crippen LogP contribution in [0.1, 0.15) is 23.2 Å². The van der Waals surface area contributed by atoms with Gasteiger partial charge in [0.05, 0.1) is 6.10 Å². The van der Waals surface area contributed by atoms with Crippen molar-refractivity contribution in [1.29, 1.82) is 0 Å². The van der Waals surface area contributed by atoms with Gasteiger partial charge in [0.25, 0.3) is 5.91 Å². The summed E-state index contributed by atoms with van der Waals surface area (Å²) in [6.45, 7) is 1.58. The average molecular weight is 270 g/mol. The highest BCUT2D eigenvalue weighted by Crippen LogP contribution is 2.30. The number of anilines is 2. The molecular weight excluding hydrogens is 252 g/mol. The van der Waals surface area contributed by atoms with Crippen LogP contribution in [0.4, 0.5) is 10.8 Å². The molecule has 1 aromatic rings. The SMILES string of the molecule is CNC(=O)c1c(N)nsc1N(C)CC1CCCO1. The van der Waals surface area contributed by atoms with Crippen LogP contribution in [0.15, 0.2) is 0 Å². The van der Waals surface area contributed by atoms with E-state index >= 15 is 0 Å². The number of nitrogens with one attached hydrogen (secondary N) is 1. The number of carbonyl (C=O) groups is 1. The van der Waals surface area contributed by atoms with E-state index in [0.29, 0.717) is 5.56 Å². The Hall–Kier alpha value is -1.34. The van der Waals surface area contributed by atoms with Gasteiger partial charge in [-0.2, -0.15) is 4.37 Å². The van der Waals surface area contributed by atoms with Crippen molar-refractivity contribution >= 4 is 28.3 Å². The number of ether oxygens (including phenoxy) is 1. The molecule has 1 aliphatic heterocycles. The summed E-state index contributed by atoms with van der Waals surface area (Å²) in [5.74, 6) is 0.0870. The summed E-state index contributed by atoms with van der Waals surface area (Å²) < 4.78 is 9.65. The molecule has 1 aromatic heterocycles. The van der Waals surface area contributed by atoms with Crippen LogP contribution < -0.4 is 16.0 Å². The van der Waals surface area contributed by atoms with Gasteiger partial charge >= 0.3 is 0 Å². The van der Waals surface area contributed by atoms with Gasteiger partial charge in [0.1, 0.15) is 10.6 Å². The molecule has 0 aliphatic carbocycles. The Balaban J connectivity index is 2.14. The molecule has 1 amide bonds. The molecule has 1 atom stereocenters. The van der Waals surface area contributed by atoms with Gasteiger partial charge in [0, 0.05) is 27.2 Å². The van der Waals surface area contributed by atoms with Gasteiger partial charge in [0.2, 0.25) is 0 Å². The fraction of sp³-hybridized carbons (Fsp3) is 0.636. The summed E-state index contributed by atoms with van der Waals surface area (Å²) in [7, 11) is 3.52. The molecule has 2 heterocycles. The third-order valence-electron chi connectivity index (χ3n) is 3.00. The number of nitrogens with two attached hydrogens (primary N) is 1. The fourth-order valence-corrected chi connectivity index (χ4v) is 2.85. The average Bonchev–Trinajstić information content (AvgIpc) is 2.97. The van der Waals surface area contributed by atoms with Gasteiger partial charge in [-0.15, -0.1) is 0 Å². The number of hydrogen-bond donors (Lipinski definition) is 2. The number of nitrogen functional groups attached to an aromatic ring is 1. The van der Waals surface area contributed by atoms with Crippen LogP contribution in [0, 0.1) is 0 Å². The van der Waals surface area contributed by atoms with E-state index in [1.807, 2.05) is 11.9 Å². The first kappa shape index (κ1) is 13.1. The van der Waals surface area contributed by atoms with Crippen molar-refractivity contribution in [1.82, 2.24) is 9.69 Å². The lowest BCUT2D eigenvalue weighted by Gasteiger charge is -2.21. The fourth-order valence-electron chi connectivity index (χ4n) is 2.07. The molecule has 1 fully saturated rings. The highest BCUT2D eigenvalue weighted by atomic mass is 32.1. The van der Waals surface area contributed by atoms with Crippen molar-refractivity contribution < 1.29 is 9.53 Å². The first-order valence-electron chi connectivity index (χ1n) is 5.93. The first-order valence-corrected chi connectivity index (χ1v) is 6.70. The van der Waals surface area contributed by atoms with Gasteiger partial charge in [-0.1, -0.05) is 0 Å². The molecule has 1 aliphatic rings. The van der Waals surface area contributed by atoms with Crippen molar-refractivity contribution in [2.45, 2.75) is 18.9 Å². The molecule has 7 heteroatoms. The Kier molecular flexibility index (Phi) is 4.03. The van der Waals surface area contributed by atoms with Crippen LogP contribution in [0.25, 0.3) is 0 Å². The number of aromatic nitrogens is 1. The second kappa shape index (κ2) is 5.53. The predicted octanol–water partition coefficient (Wildman–Crippen LogP) is 0.700. The highest BCUT2D eigenvalue weighted by Gasteiger charge is 2.24. The standard InChI is InChI=1S/C11H18N4O2S/c1-13-10(16)8-9(12)14-18-11(8)15(2)6-7-4-3-5-17-7/h7H,3-6H2,1-2H3,(H2,12,14)(H,13,16). The molecule has 18 heavy (non-hydrogen) atoms. The molecule has 3 N–H and O–H groups in total. The van der Waals surface area contributed by atoms with E-state index in [1.54, 1.807) is 7.05 Å². The highest BCUT2D eigenvalue weighted by molar-refractivity contribution is 7.11. The number of amides is 1. The van der Waals surface area contributed by atoms with Crippen molar-refractivity contribution in [3.05, 3.63) is 5.56 Å². The molecule has 0 saturated carbocycles. The minimum absolute atomic E-state index is 0.199. The Bertz CT molecular complexity index is 429. The summed E-state index contributed by atoms with van der Waals surface area (Å²) in [6.07, 6.45) is 2.40. The summed E-state index contributed by atoms with van der Waals surface area (Å²) >= 11 is 1.25. The van der Waals surface area contributed by atoms with Crippen molar-refractivity contribution in [2.75, 3.05) is 37.9 Å². The maximum Gasteiger partial charge on any atom is 0.257 e. The summed E-state index contributed by atoms with van der Waals surface area (Å²) in [6, 6.07) is 0. The molecule has 2 rings (SSSR count). The first-order chi connectivity index (χ1) is 8.63. The third-order valence-corrected chi connectivity index (χ3v) is 3.98. The van der Waals surface area contributed by atoms with Crippen molar-refractivity contribution in [3.8, 4) is 0 Å². The van der Waals surface area contributed by atoms with Crippen LogP contribution in [-0.2, 0) is 4.74 Å². The van der Waals surface area contributed by atoms with Gasteiger partial charge in [-0.3, -0.25) is 4.79 Å². The second-order valence-electron chi connectivity index (χ2n) is 4.34. The van der Waals surface area contributed by atoms with E-state index < -0.39 is 0 Å². The largest absolute Gasteiger partial charge is 0.382 e. The Labute approximate surface area is 110 Å². The molecule has 100 valence electrons. The maximum absolute atomic E-state index is 11.8. The van der Waals surface area contributed by atoms with Crippen LogP contribution in [0.2, 0.25) is 0 Å². The van der Waals surface area contributed by atoms with E-state index in [-0.39, 0.29) is 17.8 Å². The molecule has 6 nitrogen and oxygen atoms in total. The Morgan fingerprint density at radius 1 is 1.72 bits per heavy atom. The van der Waals surface area contributed by atoms with E-state index in [0.717, 1.165) is 31.0 Å². The molecule has 0 bridgehead atoms. The molecule has 0 spiro atoms. The number of rotatable bonds is 4. The van der Waals surface area contributed by atoms with Crippen molar-refractivity contribution in [2.24, 2.45) is 0 Å². The molecule has 0 radical (unpaired) electrons. The third kappa shape index (κ3) is 2.56. The van der Waals surface area contributed by atoms with Gasteiger partial charge in [-0.25, -0.2) is 0 Å². The zero-order valence-corrected chi connectivity index (χ0v) is 11.4. The summed E-state index contributed by atoms with van der Waals surface area (Å²) in [5.41, 5.74) is 6.21. The smallest absolute Gasteiger partial charge is 0.257 e. The van der Waals surface area contributed by atoms with E-state index in [2.05, 4.69) is 9.69 Å². The lowest BCUT2D eigenvalue weighted by atomic mass is 10.2. The van der Waals surface area contributed by atoms with E-state index in [9.17, 15) is 4.79 Å². The summed E-state index contributed by atoms with van der Waals surface area (Å²) in [4.78, 5) is 13.8. The number of carbonyl (C=O) groups excluding carboxylic acids is 1. The lowest BCUT2D eigenvalue weighted by Crippen LogP contribution is -2.30. The molecule has 0 aromatic carbocycles. The number of hydrogen-bond acceptors (Lipinski definition) is 6. The van der Waals surface area contributed by atoms with E-state index in [1.165, 1.54) is 11.5 Å². The van der Waals surface area contributed by atoms with Crippen LogP contribution >= 0.6 is 11.5 Å². The zero-order valence-electron chi connectivity index (χ0n) is 10.6. The Morgan fingerprint density at radius 3 is 3.11 bits per heavy atom. The number of likely N-dealkylation sites (N-methyl/N-ethyl adjacent to an activating group) is 1. The Morgan fingerprint density at radius 2 is 2.50 bits per heavy atom. The molecule has 1 unspecified atom stereocenters. The minimum atomic E-state index is -0.199. The molecule has 1 saturated heterocycles. The zero-order chi connectivity index (χ0) is 13.1. The quantitative estimate of drug-likeness (QED) is 0.842. The maximum atomic E-state index is 11.8. The van der Waals surface area contributed by atoms with Crippen LogP contribution in [0.3, 0.4) is 0 Å². The van der Waals surface area contributed by atoms with Gasteiger partial charge in [0.15, 0.2) is 5.82 Å². The van der Waals surface area contributed by atoms with Gasteiger partial charge in [-0.05, 0) is 24.4 Å². The van der Waals surface area contributed by atoms with Crippen LogP contribution in [0.5, 0.6) is 0 Å². The van der Waals surface area contributed by atoms with Crippen molar-refractivity contribution in [3.63, 3.8) is 0 Å². The number of nitrogens with zero attached hydrogens (tertiary/aromatic N) is 2. The summed E-state index contributed by atoms with van der Waals surface area (Å²) in [5, 5.41) is 3.38. The van der Waals surface area contributed by atoms with Gasteiger partial charge < -0.3 is 20.7 Å². The normalized spacial score (nSPS) is 18.9. The van der Waals surface area contributed by atoms with Crippen LogP contribution in [-0.4, -0.2) is 43.6 Å². The monoisotopic (exact) mass is 270 g/mol.